The lowest BCUT2D eigenvalue weighted by Gasteiger charge is -2.27. The number of fused-ring (bicyclic) bond motifs is 1. The molecule has 0 spiro atoms. The first-order valence-electron chi connectivity index (χ1n) is 17.4. The minimum atomic E-state index is -4.45. The topological polar surface area (TPSA) is 24.1 Å². The second kappa shape index (κ2) is 24.2. The molecule has 1 aliphatic heterocycles. The Morgan fingerprint density at radius 2 is 1.23 bits per heavy atom. The monoisotopic (exact) mass is 607 g/mol. The number of alkyl halides is 3. The van der Waals surface area contributed by atoms with Crippen molar-refractivity contribution in [2.45, 2.75) is 164 Å². The van der Waals surface area contributed by atoms with Crippen LogP contribution >= 0.6 is 0 Å². The van der Waals surface area contributed by atoms with Crippen LogP contribution in [0.1, 0.15) is 168 Å². The molecule has 5 heteroatoms. The highest BCUT2D eigenvalue weighted by molar-refractivity contribution is 5.93. The SMILES string of the molecule is C=C1C=C(C(F)(F)F)c2c(ccc(C)c2/C(C)=C(/CC)NCCCCCCCCCCC)N1.CC.CCCCCCCC. The molecule has 0 atom stereocenters. The van der Waals surface area contributed by atoms with Gasteiger partial charge in [0.05, 0.1) is 5.57 Å². The predicted molar refractivity (Wildman–Crippen MR) is 186 cm³/mol. The van der Waals surface area contributed by atoms with Crippen molar-refractivity contribution in [3.8, 4) is 0 Å². The van der Waals surface area contributed by atoms with Gasteiger partial charge in [-0.15, -0.1) is 0 Å². The molecule has 0 saturated carbocycles. The molecular weight excluding hydrogens is 541 g/mol. The van der Waals surface area contributed by atoms with Crippen LogP contribution in [0.15, 0.2) is 36.2 Å². The molecule has 0 bridgehead atoms. The zero-order valence-corrected chi connectivity index (χ0v) is 29.1. The summed E-state index contributed by atoms with van der Waals surface area (Å²) in [6.07, 6.45) is 17.3. The molecule has 0 aliphatic carbocycles. The molecular formula is C38H65F3N2. The van der Waals surface area contributed by atoms with Crippen LogP contribution < -0.4 is 10.6 Å². The van der Waals surface area contributed by atoms with Crippen molar-refractivity contribution in [2.75, 3.05) is 11.9 Å². The minimum absolute atomic E-state index is 0.225. The lowest BCUT2D eigenvalue weighted by atomic mass is 9.86. The summed E-state index contributed by atoms with van der Waals surface area (Å²) >= 11 is 0. The number of rotatable bonds is 18. The summed E-state index contributed by atoms with van der Waals surface area (Å²) in [6.45, 7) is 21.2. The summed E-state index contributed by atoms with van der Waals surface area (Å²) in [6, 6.07) is 3.59. The molecule has 1 heterocycles. The van der Waals surface area contributed by atoms with E-state index < -0.39 is 11.7 Å². The van der Waals surface area contributed by atoms with Gasteiger partial charge in [-0.1, -0.05) is 144 Å². The number of benzene rings is 1. The van der Waals surface area contributed by atoms with Crippen LogP contribution in [0.5, 0.6) is 0 Å². The molecule has 0 saturated heterocycles. The molecule has 0 amide bonds. The smallest absolute Gasteiger partial charge is 0.388 e. The molecule has 2 rings (SSSR count). The van der Waals surface area contributed by atoms with Crippen LogP contribution in [0, 0.1) is 6.92 Å². The maximum Gasteiger partial charge on any atom is 0.417 e. The molecule has 248 valence electrons. The fourth-order valence-electron chi connectivity index (χ4n) is 5.46. The van der Waals surface area contributed by atoms with Crippen molar-refractivity contribution in [1.82, 2.24) is 5.32 Å². The van der Waals surface area contributed by atoms with Gasteiger partial charge < -0.3 is 10.6 Å². The molecule has 0 radical (unpaired) electrons. The summed E-state index contributed by atoms with van der Waals surface area (Å²) < 4.78 is 41.8. The molecule has 1 aromatic carbocycles. The average molecular weight is 607 g/mol. The Balaban J connectivity index is 0.00000152. The van der Waals surface area contributed by atoms with Crippen molar-refractivity contribution in [1.29, 1.82) is 0 Å². The highest BCUT2D eigenvalue weighted by Gasteiger charge is 2.39. The first kappa shape index (κ1) is 40.8. The summed E-state index contributed by atoms with van der Waals surface area (Å²) in [5, 5.41) is 6.54. The van der Waals surface area contributed by atoms with Crippen LogP contribution in [0.25, 0.3) is 11.1 Å². The van der Waals surface area contributed by atoms with Gasteiger partial charge in [0.25, 0.3) is 0 Å². The van der Waals surface area contributed by atoms with E-state index in [4.69, 9.17) is 0 Å². The fourth-order valence-corrected chi connectivity index (χ4v) is 5.46. The molecule has 1 aliphatic rings. The molecule has 2 N–H and O–H groups in total. The second-order valence-corrected chi connectivity index (χ2v) is 11.5. The summed E-state index contributed by atoms with van der Waals surface area (Å²) in [7, 11) is 0. The first-order chi connectivity index (χ1) is 20.6. The Kier molecular flexibility index (Phi) is 23.0. The predicted octanol–water partition coefficient (Wildman–Crippen LogP) is 13.5. The van der Waals surface area contributed by atoms with E-state index in [1.54, 1.807) is 6.07 Å². The largest absolute Gasteiger partial charge is 0.417 e. The third kappa shape index (κ3) is 15.9. The van der Waals surface area contributed by atoms with E-state index in [1.807, 2.05) is 40.7 Å². The average Bonchev–Trinajstić information content (AvgIpc) is 2.98. The lowest BCUT2D eigenvalue weighted by molar-refractivity contribution is -0.0689. The van der Waals surface area contributed by atoms with E-state index in [0.29, 0.717) is 11.3 Å². The standard InChI is InChI=1S/C28H41F3N2.C8H18.C2H6/c1-6-8-9-10-11-12-13-14-15-18-32-24(7-2)22(5)26-20(3)16-17-25-27(26)23(28(29,30)31)19-21(4)33-25;1-3-5-7-8-6-4-2;1-2/h16-17,19,32-33H,4,6-15,18H2,1-3,5H3;3-8H2,1-2H3;1-2H3/b24-22-;;. The minimum Gasteiger partial charge on any atom is -0.388 e. The van der Waals surface area contributed by atoms with Crippen LogP contribution in [0.2, 0.25) is 0 Å². The third-order valence-corrected chi connectivity index (χ3v) is 7.86. The maximum atomic E-state index is 13.9. The Morgan fingerprint density at radius 1 is 0.767 bits per heavy atom. The molecule has 0 unspecified atom stereocenters. The highest BCUT2D eigenvalue weighted by Crippen LogP contribution is 2.45. The second-order valence-electron chi connectivity index (χ2n) is 11.5. The van der Waals surface area contributed by atoms with E-state index in [2.05, 4.69) is 38.0 Å². The maximum absolute atomic E-state index is 13.9. The van der Waals surface area contributed by atoms with Crippen LogP contribution in [-0.4, -0.2) is 12.7 Å². The van der Waals surface area contributed by atoms with Crippen molar-refractivity contribution in [2.24, 2.45) is 0 Å². The van der Waals surface area contributed by atoms with Crippen molar-refractivity contribution in [3.05, 3.63) is 52.9 Å². The van der Waals surface area contributed by atoms with E-state index >= 15 is 0 Å². The third-order valence-electron chi connectivity index (χ3n) is 7.86. The van der Waals surface area contributed by atoms with Crippen molar-refractivity contribution >= 4 is 16.8 Å². The van der Waals surface area contributed by atoms with Gasteiger partial charge in [0.15, 0.2) is 0 Å². The lowest BCUT2D eigenvalue weighted by Crippen LogP contribution is -2.20. The van der Waals surface area contributed by atoms with Gasteiger partial charge in [-0.2, -0.15) is 13.2 Å². The number of unbranched alkanes of at least 4 members (excludes halogenated alkanes) is 13. The first-order valence-corrected chi connectivity index (χ1v) is 17.4. The normalized spacial score (nSPS) is 13.0. The molecule has 1 aromatic rings. The van der Waals surface area contributed by atoms with Gasteiger partial charge >= 0.3 is 6.18 Å². The van der Waals surface area contributed by atoms with E-state index in [0.717, 1.165) is 42.3 Å². The number of hydrogen-bond acceptors (Lipinski definition) is 2. The molecule has 0 aromatic heterocycles. The Morgan fingerprint density at radius 3 is 1.67 bits per heavy atom. The summed E-state index contributed by atoms with van der Waals surface area (Å²) in [5.74, 6) is 0. The van der Waals surface area contributed by atoms with Gasteiger partial charge in [-0.25, -0.2) is 0 Å². The fraction of sp³-hybridized carbons (Fsp3) is 0.684. The van der Waals surface area contributed by atoms with Crippen LogP contribution in [0.4, 0.5) is 18.9 Å². The number of hydrogen-bond donors (Lipinski definition) is 2. The van der Waals surface area contributed by atoms with Gasteiger partial charge in [-0.3, -0.25) is 0 Å². The molecule has 2 nitrogen and oxygen atoms in total. The van der Waals surface area contributed by atoms with Gasteiger partial charge in [0, 0.05) is 29.2 Å². The molecule has 43 heavy (non-hydrogen) atoms. The number of aryl methyl sites for hydroxylation is 1. The van der Waals surface area contributed by atoms with E-state index in [1.165, 1.54) is 89.9 Å². The van der Waals surface area contributed by atoms with Crippen LogP contribution in [0.3, 0.4) is 0 Å². The Labute approximate surface area is 264 Å². The van der Waals surface area contributed by atoms with E-state index in [-0.39, 0.29) is 11.3 Å². The number of allylic oxidation sites excluding steroid dienone is 4. The Bertz CT molecular complexity index is 951. The van der Waals surface area contributed by atoms with Gasteiger partial charge in [0.2, 0.25) is 0 Å². The zero-order chi connectivity index (χ0) is 32.7. The Hall–Kier alpha value is -2.17. The quantitative estimate of drug-likeness (QED) is 0.162. The summed E-state index contributed by atoms with van der Waals surface area (Å²) in [5.41, 5.74) is 3.70. The van der Waals surface area contributed by atoms with Crippen LogP contribution in [-0.2, 0) is 0 Å². The van der Waals surface area contributed by atoms with Gasteiger partial charge in [0.1, 0.15) is 0 Å². The number of anilines is 1. The van der Waals surface area contributed by atoms with Gasteiger partial charge in [-0.05, 0) is 55.5 Å². The summed E-state index contributed by atoms with van der Waals surface area (Å²) in [4.78, 5) is 0. The van der Waals surface area contributed by atoms with Crippen molar-refractivity contribution in [3.63, 3.8) is 0 Å². The highest BCUT2D eigenvalue weighted by atomic mass is 19.4. The van der Waals surface area contributed by atoms with Crippen molar-refractivity contribution < 1.29 is 13.2 Å². The number of halogens is 3. The van der Waals surface area contributed by atoms with E-state index in [9.17, 15) is 13.2 Å². The number of nitrogens with one attached hydrogen (secondary N) is 2. The molecule has 0 fully saturated rings. The zero-order valence-electron chi connectivity index (χ0n) is 29.1.